The lowest BCUT2D eigenvalue weighted by atomic mass is 10.4. The summed E-state index contributed by atoms with van der Waals surface area (Å²) in [5.41, 5.74) is -2.54. The second kappa shape index (κ2) is 9.97. The Kier molecular flexibility index (Phi) is 8.00. The molecule has 10 heteroatoms. The van der Waals surface area contributed by atoms with Gasteiger partial charge in [0.15, 0.2) is 0 Å². The van der Waals surface area contributed by atoms with E-state index in [0.29, 0.717) is 0 Å². The van der Waals surface area contributed by atoms with Gasteiger partial charge in [-0.25, -0.2) is 28.1 Å². The van der Waals surface area contributed by atoms with Crippen LogP contribution in [0.5, 0.6) is 0 Å². The number of hydrogen-bond donors (Lipinski definition) is 0. The third kappa shape index (κ3) is 5.43. The molecule has 1 rings (SSSR count). The molecule has 0 saturated heterocycles. The van der Waals surface area contributed by atoms with Crippen LogP contribution in [0.1, 0.15) is 12.8 Å². The van der Waals surface area contributed by atoms with Crippen molar-refractivity contribution < 1.29 is 19.1 Å². The summed E-state index contributed by atoms with van der Waals surface area (Å²) < 4.78 is 12.0. The zero-order valence-electron chi connectivity index (χ0n) is 14.5. The van der Waals surface area contributed by atoms with E-state index in [1.807, 2.05) is 0 Å². The van der Waals surface area contributed by atoms with E-state index in [0.717, 1.165) is 13.7 Å². The van der Waals surface area contributed by atoms with Crippen LogP contribution in [0.15, 0.2) is 39.7 Å². The van der Waals surface area contributed by atoms with Crippen molar-refractivity contribution in [3.8, 4) is 0 Å². The van der Waals surface area contributed by atoms with E-state index >= 15 is 0 Å². The first kappa shape index (κ1) is 20.9. The molecule has 1 heterocycles. The Morgan fingerprint density at radius 2 is 1.23 bits per heavy atom. The van der Waals surface area contributed by atoms with Crippen molar-refractivity contribution >= 4 is 11.9 Å². The average Bonchev–Trinajstić information content (AvgIpc) is 2.59. The van der Waals surface area contributed by atoms with Crippen molar-refractivity contribution in [1.29, 1.82) is 0 Å². The van der Waals surface area contributed by atoms with Gasteiger partial charge in [0.1, 0.15) is 13.2 Å². The second-order valence-electron chi connectivity index (χ2n) is 5.14. The number of hydrogen-bond acceptors (Lipinski definition) is 7. The third-order valence-corrected chi connectivity index (χ3v) is 3.28. The molecule has 0 radical (unpaired) electrons. The second-order valence-corrected chi connectivity index (χ2v) is 5.14. The van der Waals surface area contributed by atoms with E-state index in [2.05, 4.69) is 13.2 Å². The van der Waals surface area contributed by atoms with Crippen LogP contribution in [0.2, 0.25) is 0 Å². The van der Waals surface area contributed by atoms with Crippen LogP contribution < -0.4 is 17.1 Å². The lowest BCUT2D eigenvalue weighted by Gasteiger charge is -2.12. The summed E-state index contributed by atoms with van der Waals surface area (Å²) in [5.74, 6) is -1.10. The number of aromatic nitrogens is 3. The lowest BCUT2D eigenvalue weighted by molar-refractivity contribution is -0.143. The lowest BCUT2D eigenvalue weighted by Crippen LogP contribution is -2.54. The predicted octanol–water partition coefficient (Wildman–Crippen LogP) is -1.05. The van der Waals surface area contributed by atoms with E-state index in [4.69, 9.17) is 9.47 Å². The van der Waals surface area contributed by atoms with Crippen molar-refractivity contribution in [1.82, 2.24) is 13.7 Å². The summed E-state index contributed by atoms with van der Waals surface area (Å²) >= 11 is 0. The third-order valence-electron chi connectivity index (χ3n) is 3.28. The van der Waals surface area contributed by atoms with E-state index < -0.39 is 29.0 Å². The topological polar surface area (TPSA) is 119 Å². The minimum Gasteiger partial charge on any atom is -0.464 e. The molecule has 0 atom stereocenters. The first-order valence-electron chi connectivity index (χ1n) is 7.77. The molecule has 0 N–H and O–H groups in total. The molecular formula is C16H21N3O7. The maximum absolute atomic E-state index is 12.4. The van der Waals surface area contributed by atoms with Crippen LogP contribution >= 0.6 is 0 Å². The molecule has 0 spiro atoms. The largest absolute Gasteiger partial charge is 0.464 e. The molecule has 1 aromatic heterocycles. The van der Waals surface area contributed by atoms with Crippen molar-refractivity contribution in [3.63, 3.8) is 0 Å². The molecule has 0 aliphatic rings. The molecule has 0 saturated carbocycles. The van der Waals surface area contributed by atoms with Crippen molar-refractivity contribution in [3.05, 3.63) is 56.8 Å². The van der Waals surface area contributed by atoms with Gasteiger partial charge < -0.3 is 9.47 Å². The molecule has 0 bridgehead atoms. The van der Waals surface area contributed by atoms with Gasteiger partial charge in [-0.1, -0.05) is 12.2 Å². The van der Waals surface area contributed by atoms with E-state index in [9.17, 15) is 24.0 Å². The quantitative estimate of drug-likeness (QED) is 0.382. The van der Waals surface area contributed by atoms with Gasteiger partial charge in [0.2, 0.25) is 0 Å². The molecule has 10 nitrogen and oxygen atoms in total. The van der Waals surface area contributed by atoms with Gasteiger partial charge in [-0.2, -0.15) is 0 Å². The predicted molar refractivity (Wildman–Crippen MR) is 91.7 cm³/mol. The minimum atomic E-state index is -0.877. The van der Waals surface area contributed by atoms with E-state index in [-0.39, 0.29) is 39.1 Å². The van der Waals surface area contributed by atoms with Crippen LogP contribution in [0.4, 0.5) is 0 Å². The first-order valence-corrected chi connectivity index (χ1v) is 7.77. The summed E-state index contributed by atoms with van der Waals surface area (Å²) in [6.07, 6.45) is 2.73. The SMILES string of the molecule is C=CCC(=O)OCCn1c(=O)n(C)c(=O)n(CCOC(=O)CC=C)c1=O. The fraction of sp³-hybridized carbons (Fsp3) is 0.438. The minimum absolute atomic E-state index is 0.00246. The Morgan fingerprint density at radius 1 is 0.846 bits per heavy atom. The van der Waals surface area contributed by atoms with Crippen molar-refractivity contribution in [2.75, 3.05) is 13.2 Å². The van der Waals surface area contributed by atoms with Crippen molar-refractivity contribution in [2.45, 2.75) is 25.9 Å². The highest BCUT2D eigenvalue weighted by molar-refractivity contribution is 5.71. The Bertz CT molecular complexity index is 794. The van der Waals surface area contributed by atoms with Crippen LogP contribution in [-0.4, -0.2) is 38.9 Å². The number of nitrogens with zero attached hydrogens (tertiary/aromatic N) is 3. The average molecular weight is 367 g/mol. The molecule has 142 valence electrons. The number of carbonyl (C=O) groups excluding carboxylic acids is 2. The summed E-state index contributed by atoms with van der Waals surface area (Å²) in [7, 11) is 1.21. The zero-order valence-corrected chi connectivity index (χ0v) is 14.5. The zero-order chi connectivity index (χ0) is 19.7. The van der Waals surface area contributed by atoms with Gasteiger partial charge in [0.25, 0.3) is 0 Å². The van der Waals surface area contributed by atoms with Gasteiger partial charge >= 0.3 is 29.0 Å². The molecule has 26 heavy (non-hydrogen) atoms. The summed E-state index contributed by atoms with van der Waals surface area (Å²) in [4.78, 5) is 59.1. The number of ether oxygens (including phenoxy) is 2. The molecule has 0 fully saturated rings. The highest BCUT2D eigenvalue weighted by Crippen LogP contribution is 1.89. The molecular weight excluding hydrogens is 346 g/mol. The molecule has 0 amide bonds. The normalized spacial score (nSPS) is 10.2. The maximum atomic E-state index is 12.4. The van der Waals surface area contributed by atoms with E-state index in [1.165, 1.54) is 19.2 Å². The van der Waals surface area contributed by atoms with Gasteiger partial charge in [-0.15, -0.1) is 13.2 Å². The standard InChI is InChI=1S/C16H21N3O7/c1-4-6-12(20)25-10-8-18-14(22)17(3)15(23)19(16(18)24)9-11-26-13(21)7-5-2/h4-5H,1-2,6-11H2,3H3. The van der Waals surface area contributed by atoms with Crippen LogP contribution in [0, 0.1) is 0 Å². The fourth-order valence-corrected chi connectivity index (χ4v) is 1.99. The Hall–Kier alpha value is -3.17. The number of rotatable bonds is 10. The van der Waals surface area contributed by atoms with Gasteiger partial charge in [-0.05, 0) is 0 Å². The highest BCUT2D eigenvalue weighted by Gasteiger charge is 2.14. The van der Waals surface area contributed by atoms with Crippen LogP contribution in [0.25, 0.3) is 0 Å². The van der Waals surface area contributed by atoms with Gasteiger partial charge in [0.05, 0.1) is 25.9 Å². The Labute approximate surface area is 148 Å². The molecule has 0 unspecified atom stereocenters. The highest BCUT2D eigenvalue weighted by atomic mass is 16.5. The number of carbonyl (C=O) groups is 2. The van der Waals surface area contributed by atoms with Gasteiger partial charge in [0, 0.05) is 7.05 Å². The van der Waals surface area contributed by atoms with Crippen LogP contribution in [-0.2, 0) is 39.2 Å². The fourth-order valence-electron chi connectivity index (χ4n) is 1.99. The van der Waals surface area contributed by atoms with E-state index in [1.54, 1.807) is 0 Å². The summed E-state index contributed by atoms with van der Waals surface area (Å²) in [6.45, 7) is 5.92. The maximum Gasteiger partial charge on any atom is 0.336 e. The summed E-state index contributed by atoms with van der Waals surface area (Å²) in [6, 6.07) is 0. The molecule has 0 aliphatic heterocycles. The molecule has 0 aliphatic carbocycles. The summed E-state index contributed by atoms with van der Waals surface area (Å²) in [5, 5.41) is 0. The Morgan fingerprint density at radius 3 is 1.58 bits per heavy atom. The molecule has 0 aromatic carbocycles. The van der Waals surface area contributed by atoms with Crippen LogP contribution in [0.3, 0.4) is 0 Å². The molecule has 1 aromatic rings. The first-order chi connectivity index (χ1) is 12.3. The van der Waals surface area contributed by atoms with Gasteiger partial charge in [-0.3, -0.25) is 9.59 Å². The monoisotopic (exact) mass is 367 g/mol. The number of esters is 2. The Balaban J connectivity index is 2.95. The van der Waals surface area contributed by atoms with Crippen molar-refractivity contribution in [2.24, 2.45) is 7.05 Å². The smallest absolute Gasteiger partial charge is 0.336 e.